The SMILES string of the molecule is CCc1noc(C2CCC(NC[C@@](C)(O)c3cnn(C)c3)CC2)n1. The maximum Gasteiger partial charge on any atom is 0.229 e. The van der Waals surface area contributed by atoms with Crippen molar-refractivity contribution in [2.75, 3.05) is 6.54 Å². The van der Waals surface area contributed by atoms with Crippen LogP contribution in [0.3, 0.4) is 0 Å². The van der Waals surface area contributed by atoms with E-state index in [2.05, 4.69) is 20.6 Å². The molecule has 1 saturated carbocycles. The minimum absolute atomic E-state index is 0.370. The van der Waals surface area contributed by atoms with Crippen LogP contribution in [-0.4, -0.2) is 37.6 Å². The summed E-state index contributed by atoms with van der Waals surface area (Å²) in [6, 6.07) is 0.415. The fraction of sp³-hybridized carbons (Fsp3) is 0.706. The Bertz CT molecular complexity index is 655. The van der Waals surface area contributed by atoms with Crippen LogP contribution in [0, 0.1) is 0 Å². The van der Waals surface area contributed by atoms with Gasteiger partial charge in [0.2, 0.25) is 5.89 Å². The Balaban J connectivity index is 1.48. The molecule has 0 saturated heterocycles. The normalized spacial score (nSPS) is 24.0. The van der Waals surface area contributed by atoms with E-state index in [4.69, 9.17) is 4.52 Å². The van der Waals surface area contributed by atoms with Crippen molar-refractivity contribution in [3.63, 3.8) is 0 Å². The van der Waals surface area contributed by atoms with Gasteiger partial charge in [0, 0.05) is 43.7 Å². The molecule has 0 spiro atoms. The second-order valence-corrected chi connectivity index (χ2v) is 7.01. The third kappa shape index (κ3) is 3.84. The maximum absolute atomic E-state index is 10.6. The number of nitrogens with one attached hydrogen (secondary N) is 1. The summed E-state index contributed by atoms with van der Waals surface area (Å²) in [5, 5.41) is 22.3. The van der Waals surface area contributed by atoms with E-state index in [1.165, 1.54) is 0 Å². The van der Waals surface area contributed by atoms with Crippen molar-refractivity contribution in [3.8, 4) is 0 Å². The quantitative estimate of drug-likeness (QED) is 0.839. The molecule has 2 N–H and O–H groups in total. The van der Waals surface area contributed by atoms with Gasteiger partial charge in [-0.1, -0.05) is 12.1 Å². The Hall–Kier alpha value is -1.73. The number of aliphatic hydroxyl groups is 1. The summed E-state index contributed by atoms with van der Waals surface area (Å²) in [6.07, 6.45) is 8.58. The van der Waals surface area contributed by atoms with Crippen LogP contribution in [0.2, 0.25) is 0 Å². The molecule has 0 amide bonds. The van der Waals surface area contributed by atoms with Crippen LogP contribution >= 0.6 is 0 Å². The first-order chi connectivity index (χ1) is 11.5. The monoisotopic (exact) mass is 333 g/mol. The van der Waals surface area contributed by atoms with Gasteiger partial charge in [0.05, 0.1) is 6.20 Å². The molecule has 0 unspecified atom stereocenters. The van der Waals surface area contributed by atoms with Gasteiger partial charge in [-0.3, -0.25) is 4.68 Å². The molecule has 7 nitrogen and oxygen atoms in total. The molecule has 1 aliphatic rings. The number of aromatic nitrogens is 4. The summed E-state index contributed by atoms with van der Waals surface area (Å²) in [5.41, 5.74) is -0.0719. The van der Waals surface area contributed by atoms with Crippen molar-refractivity contribution >= 4 is 0 Å². The highest BCUT2D eigenvalue weighted by Gasteiger charge is 2.29. The van der Waals surface area contributed by atoms with Gasteiger partial charge in [-0.25, -0.2) is 0 Å². The highest BCUT2D eigenvalue weighted by atomic mass is 16.5. The van der Waals surface area contributed by atoms with Gasteiger partial charge < -0.3 is 14.9 Å². The molecule has 0 bridgehead atoms. The lowest BCUT2D eigenvalue weighted by atomic mass is 9.85. The van der Waals surface area contributed by atoms with E-state index < -0.39 is 5.60 Å². The lowest BCUT2D eigenvalue weighted by Crippen LogP contribution is -2.42. The van der Waals surface area contributed by atoms with Gasteiger partial charge in [-0.05, 0) is 32.6 Å². The molecule has 7 heteroatoms. The Morgan fingerprint density at radius 1 is 1.38 bits per heavy atom. The maximum atomic E-state index is 10.6. The van der Waals surface area contributed by atoms with Crippen molar-refractivity contribution in [3.05, 3.63) is 29.7 Å². The first-order valence-corrected chi connectivity index (χ1v) is 8.75. The fourth-order valence-corrected chi connectivity index (χ4v) is 3.27. The first kappa shape index (κ1) is 17.1. The van der Waals surface area contributed by atoms with Crippen LogP contribution in [0.1, 0.15) is 62.7 Å². The topological polar surface area (TPSA) is 89.0 Å². The Labute approximate surface area is 142 Å². The fourth-order valence-electron chi connectivity index (χ4n) is 3.27. The molecule has 0 aromatic carbocycles. The summed E-state index contributed by atoms with van der Waals surface area (Å²) in [5.74, 6) is 1.94. The van der Waals surface area contributed by atoms with Crippen LogP contribution in [0.5, 0.6) is 0 Å². The molecule has 2 aromatic heterocycles. The zero-order chi connectivity index (χ0) is 17.2. The lowest BCUT2D eigenvalue weighted by Gasteiger charge is -2.30. The molecule has 24 heavy (non-hydrogen) atoms. The molecule has 1 fully saturated rings. The second kappa shape index (κ2) is 7.03. The number of hydrogen-bond acceptors (Lipinski definition) is 6. The third-order valence-corrected chi connectivity index (χ3v) is 4.94. The summed E-state index contributed by atoms with van der Waals surface area (Å²) in [6.45, 7) is 4.38. The van der Waals surface area contributed by atoms with Crippen LogP contribution in [-0.2, 0) is 19.1 Å². The van der Waals surface area contributed by atoms with E-state index in [1.807, 2.05) is 27.1 Å². The second-order valence-electron chi connectivity index (χ2n) is 7.01. The van der Waals surface area contributed by atoms with E-state index >= 15 is 0 Å². The average molecular weight is 333 g/mol. The van der Waals surface area contributed by atoms with Gasteiger partial charge in [-0.2, -0.15) is 10.1 Å². The highest BCUT2D eigenvalue weighted by Crippen LogP contribution is 2.32. The van der Waals surface area contributed by atoms with E-state index in [0.717, 1.165) is 49.4 Å². The van der Waals surface area contributed by atoms with Crippen molar-refractivity contribution in [1.29, 1.82) is 0 Å². The van der Waals surface area contributed by atoms with E-state index in [1.54, 1.807) is 10.9 Å². The summed E-state index contributed by atoms with van der Waals surface area (Å²) < 4.78 is 7.09. The van der Waals surface area contributed by atoms with Crippen LogP contribution in [0.25, 0.3) is 0 Å². The predicted molar refractivity (Wildman–Crippen MR) is 89.5 cm³/mol. The average Bonchev–Trinajstić information content (AvgIpc) is 3.23. The molecule has 1 aliphatic carbocycles. The highest BCUT2D eigenvalue weighted by molar-refractivity contribution is 5.14. The van der Waals surface area contributed by atoms with Gasteiger partial charge >= 0.3 is 0 Å². The van der Waals surface area contributed by atoms with Crippen LogP contribution in [0.4, 0.5) is 0 Å². The van der Waals surface area contributed by atoms with Crippen molar-refractivity contribution in [2.45, 2.75) is 63.5 Å². The molecule has 1 atom stereocenters. The number of rotatable bonds is 6. The van der Waals surface area contributed by atoms with E-state index in [0.29, 0.717) is 18.5 Å². The zero-order valence-corrected chi connectivity index (χ0v) is 14.7. The van der Waals surface area contributed by atoms with Crippen molar-refractivity contribution in [1.82, 2.24) is 25.2 Å². The van der Waals surface area contributed by atoms with Crippen molar-refractivity contribution < 1.29 is 9.63 Å². The van der Waals surface area contributed by atoms with E-state index in [9.17, 15) is 5.11 Å². The van der Waals surface area contributed by atoms with Crippen molar-refractivity contribution in [2.24, 2.45) is 7.05 Å². The molecular weight excluding hydrogens is 306 g/mol. The summed E-state index contributed by atoms with van der Waals surface area (Å²) in [4.78, 5) is 4.46. The standard InChI is InChI=1S/C17H27N5O2/c1-4-15-20-16(24-21-15)12-5-7-14(8-6-12)18-11-17(2,23)13-9-19-22(3)10-13/h9-10,12,14,18,23H,4-8,11H2,1-3H3/t12?,14?,17-/m1/s1. The van der Waals surface area contributed by atoms with Crippen LogP contribution in [0.15, 0.2) is 16.9 Å². The smallest absolute Gasteiger partial charge is 0.229 e. The molecule has 0 aliphatic heterocycles. The minimum Gasteiger partial charge on any atom is -0.384 e. The Morgan fingerprint density at radius 3 is 2.71 bits per heavy atom. The van der Waals surface area contributed by atoms with Gasteiger partial charge in [0.1, 0.15) is 5.60 Å². The molecule has 0 radical (unpaired) electrons. The third-order valence-electron chi connectivity index (χ3n) is 4.94. The lowest BCUT2D eigenvalue weighted by molar-refractivity contribution is 0.0517. The van der Waals surface area contributed by atoms with Gasteiger partial charge in [0.15, 0.2) is 5.82 Å². The molecule has 2 heterocycles. The molecule has 2 aromatic rings. The number of hydrogen-bond donors (Lipinski definition) is 2. The minimum atomic E-state index is -0.909. The van der Waals surface area contributed by atoms with Gasteiger partial charge in [-0.15, -0.1) is 0 Å². The largest absolute Gasteiger partial charge is 0.384 e. The first-order valence-electron chi connectivity index (χ1n) is 8.75. The summed E-state index contributed by atoms with van der Waals surface area (Å²) >= 11 is 0. The van der Waals surface area contributed by atoms with Gasteiger partial charge in [0.25, 0.3) is 0 Å². The predicted octanol–water partition coefficient (Wildman–Crippen LogP) is 1.89. The Morgan fingerprint density at radius 2 is 2.12 bits per heavy atom. The number of nitrogens with zero attached hydrogens (tertiary/aromatic N) is 4. The molecular formula is C17H27N5O2. The van der Waals surface area contributed by atoms with Crippen LogP contribution < -0.4 is 5.32 Å². The number of aryl methyl sites for hydroxylation is 2. The molecule has 3 rings (SSSR count). The molecule has 132 valence electrons. The zero-order valence-electron chi connectivity index (χ0n) is 14.7. The summed E-state index contributed by atoms with van der Waals surface area (Å²) in [7, 11) is 1.86. The Kier molecular flexibility index (Phi) is 5.01. The van der Waals surface area contributed by atoms with E-state index in [-0.39, 0.29) is 0 Å².